The molecule has 0 aromatic heterocycles. The fourth-order valence-corrected chi connectivity index (χ4v) is 4.63. The molecule has 2 aliphatic heterocycles. The van der Waals surface area contributed by atoms with Crippen LogP contribution in [0.3, 0.4) is 0 Å². The largest absolute Gasteiger partial charge is 0.504 e. The summed E-state index contributed by atoms with van der Waals surface area (Å²) in [4.78, 5) is 28.3. The number of hydrogen-bond acceptors (Lipinski definition) is 6. The van der Waals surface area contributed by atoms with E-state index in [0.29, 0.717) is 22.7 Å². The summed E-state index contributed by atoms with van der Waals surface area (Å²) < 4.78 is 18.8. The molecule has 1 saturated heterocycles. The summed E-state index contributed by atoms with van der Waals surface area (Å²) in [7, 11) is 1.42. The lowest BCUT2D eigenvalue weighted by Crippen LogP contribution is -2.39. The molecule has 35 heavy (non-hydrogen) atoms. The predicted molar refractivity (Wildman–Crippen MR) is 129 cm³/mol. The lowest BCUT2D eigenvalue weighted by Gasteiger charge is -2.22. The molecule has 2 heterocycles. The van der Waals surface area contributed by atoms with Crippen molar-refractivity contribution in [2.45, 2.75) is 12.5 Å². The Morgan fingerprint density at radius 3 is 2.43 bits per heavy atom. The molecular weight excluding hydrogens is 473 g/mol. The topological polar surface area (TPSA) is 82.4 Å². The second-order valence-corrected chi connectivity index (χ2v) is 8.73. The average Bonchev–Trinajstić information content (AvgIpc) is 3.36. The normalized spacial score (nSPS) is 19.2. The van der Waals surface area contributed by atoms with Gasteiger partial charge in [0.05, 0.1) is 18.5 Å². The van der Waals surface area contributed by atoms with Gasteiger partial charge in [0, 0.05) is 17.1 Å². The first-order chi connectivity index (χ1) is 16.9. The molecule has 0 spiro atoms. The van der Waals surface area contributed by atoms with E-state index in [2.05, 4.69) is 5.10 Å². The summed E-state index contributed by atoms with van der Waals surface area (Å²) in [6, 6.07) is 16.7. The van der Waals surface area contributed by atoms with Crippen LogP contribution in [0.1, 0.15) is 11.1 Å². The number of para-hydroxylation sites is 1. The number of phenols is 1. The maximum absolute atomic E-state index is 13.6. The highest BCUT2D eigenvalue weighted by atomic mass is 35.5. The number of methoxy groups -OCH3 is 1. The molecule has 2 amide bonds. The monoisotopic (exact) mass is 493 g/mol. The molecule has 3 aromatic rings. The Bertz CT molecular complexity index is 1330. The van der Waals surface area contributed by atoms with Crippen LogP contribution in [0.25, 0.3) is 0 Å². The number of ether oxygens (including phenoxy) is 1. The Morgan fingerprint density at radius 1 is 1.03 bits per heavy atom. The maximum Gasteiger partial charge on any atom is 0.255 e. The van der Waals surface area contributed by atoms with Crippen molar-refractivity contribution in [2.75, 3.05) is 18.7 Å². The second kappa shape index (κ2) is 9.03. The van der Waals surface area contributed by atoms with Crippen molar-refractivity contribution in [2.24, 2.45) is 11.0 Å². The summed E-state index contributed by atoms with van der Waals surface area (Å²) in [6.45, 7) is 0.181. The van der Waals surface area contributed by atoms with Gasteiger partial charge in [-0.15, -0.1) is 0 Å². The first-order valence-electron chi connectivity index (χ1n) is 11.0. The van der Waals surface area contributed by atoms with Gasteiger partial charge in [-0.05, 0) is 60.5 Å². The molecule has 0 aliphatic carbocycles. The van der Waals surface area contributed by atoms with E-state index in [-0.39, 0.29) is 23.8 Å². The van der Waals surface area contributed by atoms with Crippen LogP contribution < -0.4 is 9.75 Å². The number of aromatic hydroxyl groups is 1. The van der Waals surface area contributed by atoms with Crippen LogP contribution in [0.5, 0.6) is 11.5 Å². The molecule has 178 valence electrons. The number of carbonyl (C=O) groups is 2. The van der Waals surface area contributed by atoms with Crippen LogP contribution in [-0.4, -0.2) is 47.2 Å². The van der Waals surface area contributed by atoms with E-state index < -0.39 is 29.6 Å². The van der Waals surface area contributed by atoms with Gasteiger partial charge in [0.2, 0.25) is 5.91 Å². The SMILES string of the molecule is COc1cccc(C2=NN(c3ccc(F)cc3)C3C(=O)N(CCc4ccc(Cl)cc4)C(=O)C23)c1O. The lowest BCUT2D eigenvalue weighted by molar-refractivity contribution is -0.139. The first kappa shape index (κ1) is 22.9. The van der Waals surface area contributed by atoms with Gasteiger partial charge < -0.3 is 9.84 Å². The minimum atomic E-state index is -0.946. The van der Waals surface area contributed by atoms with Crippen molar-refractivity contribution < 1.29 is 23.8 Å². The van der Waals surface area contributed by atoms with Crippen LogP contribution in [0.4, 0.5) is 10.1 Å². The van der Waals surface area contributed by atoms with Crippen molar-refractivity contribution in [3.8, 4) is 11.5 Å². The third kappa shape index (κ3) is 4.00. The number of amides is 2. The summed E-state index contributed by atoms with van der Waals surface area (Å²) in [5.41, 5.74) is 1.94. The number of imide groups is 1. The Balaban J connectivity index is 1.53. The van der Waals surface area contributed by atoms with E-state index in [4.69, 9.17) is 16.3 Å². The zero-order valence-electron chi connectivity index (χ0n) is 18.7. The Morgan fingerprint density at radius 2 is 1.74 bits per heavy atom. The molecule has 2 atom stereocenters. The molecule has 1 N–H and O–H groups in total. The first-order valence-corrected chi connectivity index (χ1v) is 11.4. The molecule has 9 heteroatoms. The zero-order chi connectivity index (χ0) is 24.7. The number of anilines is 1. The third-order valence-corrected chi connectivity index (χ3v) is 6.52. The fourth-order valence-electron chi connectivity index (χ4n) is 4.51. The van der Waals surface area contributed by atoms with Crippen molar-refractivity contribution in [1.29, 1.82) is 0 Å². The molecule has 0 saturated carbocycles. The van der Waals surface area contributed by atoms with Gasteiger partial charge in [0.1, 0.15) is 17.8 Å². The van der Waals surface area contributed by atoms with Gasteiger partial charge in [-0.2, -0.15) is 5.10 Å². The predicted octanol–water partition coefficient (Wildman–Crippen LogP) is 4.01. The highest BCUT2D eigenvalue weighted by Gasteiger charge is 2.57. The minimum Gasteiger partial charge on any atom is -0.504 e. The van der Waals surface area contributed by atoms with Gasteiger partial charge >= 0.3 is 0 Å². The van der Waals surface area contributed by atoms with E-state index in [1.54, 1.807) is 30.3 Å². The molecule has 2 unspecified atom stereocenters. The summed E-state index contributed by atoms with van der Waals surface area (Å²) in [6.07, 6.45) is 0.460. The quantitative estimate of drug-likeness (QED) is 0.525. The number of halogens is 2. The molecule has 0 bridgehead atoms. The number of likely N-dealkylation sites (tertiary alicyclic amines) is 1. The lowest BCUT2D eigenvalue weighted by atomic mass is 9.92. The van der Waals surface area contributed by atoms with E-state index in [1.807, 2.05) is 12.1 Å². The Labute approximate surface area is 206 Å². The Kier molecular flexibility index (Phi) is 5.90. The van der Waals surface area contributed by atoms with Crippen LogP contribution in [0, 0.1) is 11.7 Å². The number of fused-ring (bicyclic) bond motifs is 1. The number of hydrazone groups is 1. The van der Waals surface area contributed by atoms with E-state index in [9.17, 15) is 19.1 Å². The molecular formula is C26H21ClFN3O4. The molecule has 1 fully saturated rings. The number of hydrogen-bond donors (Lipinski definition) is 1. The van der Waals surface area contributed by atoms with Crippen LogP contribution in [0.2, 0.25) is 5.02 Å². The van der Waals surface area contributed by atoms with E-state index >= 15 is 0 Å². The summed E-state index contributed by atoms with van der Waals surface area (Å²) in [5.74, 6) is -2.13. The van der Waals surface area contributed by atoms with E-state index in [1.165, 1.54) is 41.3 Å². The van der Waals surface area contributed by atoms with Gasteiger partial charge in [0.25, 0.3) is 5.91 Å². The molecule has 3 aromatic carbocycles. The van der Waals surface area contributed by atoms with Crippen molar-refractivity contribution in [3.63, 3.8) is 0 Å². The number of rotatable bonds is 6. The molecule has 7 nitrogen and oxygen atoms in total. The summed E-state index contributed by atoms with van der Waals surface area (Å²) in [5, 5.41) is 17.4. The number of benzene rings is 3. The van der Waals surface area contributed by atoms with Gasteiger partial charge in [-0.1, -0.05) is 29.8 Å². The number of phenolic OH excluding ortho intramolecular Hbond substituents is 1. The van der Waals surface area contributed by atoms with E-state index in [0.717, 1.165) is 5.56 Å². The van der Waals surface area contributed by atoms with Crippen LogP contribution in [-0.2, 0) is 16.0 Å². The van der Waals surface area contributed by atoms with Gasteiger partial charge in [-0.3, -0.25) is 19.5 Å². The molecule has 0 radical (unpaired) electrons. The number of carbonyl (C=O) groups excluding carboxylic acids is 2. The maximum atomic E-state index is 13.6. The molecule has 2 aliphatic rings. The third-order valence-electron chi connectivity index (χ3n) is 6.26. The highest BCUT2D eigenvalue weighted by molar-refractivity contribution is 6.30. The fraction of sp³-hybridized carbons (Fsp3) is 0.192. The molecule has 5 rings (SSSR count). The highest BCUT2D eigenvalue weighted by Crippen LogP contribution is 2.41. The van der Waals surface area contributed by atoms with Crippen molar-refractivity contribution in [1.82, 2.24) is 4.90 Å². The zero-order valence-corrected chi connectivity index (χ0v) is 19.4. The summed E-state index contributed by atoms with van der Waals surface area (Å²) >= 11 is 5.95. The van der Waals surface area contributed by atoms with Crippen molar-refractivity contribution >= 4 is 34.8 Å². The Hall–Kier alpha value is -3.91. The average molecular weight is 494 g/mol. The van der Waals surface area contributed by atoms with Gasteiger partial charge in [-0.25, -0.2) is 4.39 Å². The standard InChI is InChI=1S/C26H21ClFN3O4/c1-35-20-4-2-3-19(24(20)32)22-21-23(31(29-22)18-11-9-17(28)10-12-18)26(34)30(25(21)33)14-13-15-5-7-16(27)8-6-15/h2-12,21,23,32H,13-14H2,1H3. The number of nitrogens with zero attached hydrogens (tertiary/aromatic N) is 3. The van der Waals surface area contributed by atoms with Crippen LogP contribution in [0.15, 0.2) is 71.8 Å². The second-order valence-electron chi connectivity index (χ2n) is 8.29. The minimum absolute atomic E-state index is 0.173. The van der Waals surface area contributed by atoms with Crippen molar-refractivity contribution in [3.05, 3.63) is 88.7 Å². The smallest absolute Gasteiger partial charge is 0.255 e. The van der Waals surface area contributed by atoms with Gasteiger partial charge in [0.15, 0.2) is 11.5 Å². The van der Waals surface area contributed by atoms with Crippen LogP contribution >= 0.6 is 11.6 Å².